The molecule has 2 rings (SSSR count). The number of aromatic hydroxyl groups is 1. The topological polar surface area (TPSA) is 113 Å². The Morgan fingerprint density at radius 3 is 2.18 bits per heavy atom. The number of phenols is 1. The van der Waals surface area contributed by atoms with Gasteiger partial charge in [-0.3, -0.25) is 9.59 Å². The van der Waals surface area contributed by atoms with Crippen LogP contribution in [0.3, 0.4) is 0 Å². The number of rotatable bonds is 12. The van der Waals surface area contributed by atoms with Gasteiger partial charge in [-0.25, -0.2) is 0 Å². The number of phenolic OH excluding ortho intramolecular Hbond substituents is 1. The van der Waals surface area contributed by atoms with Crippen molar-refractivity contribution in [3.63, 3.8) is 0 Å². The largest absolute Gasteiger partial charge is 0.507 e. The molecule has 0 bridgehead atoms. The molecule has 2 aromatic carbocycles. The predicted molar refractivity (Wildman–Crippen MR) is 128 cm³/mol. The molecule has 0 aliphatic heterocycles. The van der Waals surface area contributed by atoms with E-state index in [1.807, 2.05) is 13.8 Å². The highest BCUT2D eigenvalue weighted by molar-refractivity contribution is 9.10. The first-order valence-corrected chi connectivity index (χ1v) is 11.6. The van der Waals surface area contributed by atoms with Crippen molar-refractivity contribution in [1.82, 2.24) is 0 Å². The van der Waals surface area contributed by atoms with Crippen LogP contribution >= 0.6 is 15.9 Å². The number of carbonyl (C=O) groups is 2. The predicted octanol–water partition coefficient (Wildman–Crippen LogP) is 5.47. The summed E-state index contributed by atoms with van der Waals surface area (Å²) in [6.07, 6.45) is -0.426. The first kappa shape index (κ1) is 26.7. The van der Waals surface area contributed by atoms with E-state index in [1.165, 1.54) is 6.92 Å². The second kappa shape index (κ2) is 12.0. The van der Waals surface area contributed by atoms with Gasteiger partial charge in [-0.2, -0.15) is 0 Å². The van der Waals surface area contributed by atoms with Crippen molar-refractivity contribution in [2.45, 2.75) is 52.6 Å². The highest BCUT2D eigenvalue weighted by atomic mass is 79.9. The number of halogens is 1. The van der Waals surface area contributed by atoms with Crippen molar-refractivity contribution in [3.8, 4) is 17.2 Å². The van der Waals surface area contributed by atoms with Crippen LogP contribution in [-0.4, -0.2) is 40.3 Å². The van der Waals surface area contributed by atoms with Gasteiger partial charge in [0.25, 0.3) is 0 Å². The number of benzene rings is 2. The summed E-state index contributed by atoms with van der Waals surface area (Å²) in [5, 5.41) is 29.7. The summed E-state index contributed by atoms with van der Waals surface area (Å²) in [5.41, 5.74) is 1.50. The molecule has 0 saturated heterocycles. The number of carboxylic acid groups (broad SMARTS) is 1. The van der Waals surface area contributed by atoms with E-state index in [1.54, 1.807) is 37.3 Å². The third kappa shape index (κ3) is 7.20. The molecule has 3 N–H and O–H groups in total. The fraction of sp³-hybridized carbons (Fsp3) is 0.440. The molecule has 2 unspecified atom stereocenters. The van der Waals surface area contributed by atoms with Crippen LogP contribution in [0, 0.1) is 5.92 Å². The number of carbonyl (C=O) groups excluding carboxylic acids is 1. The molecule has 180 valence electrons. The van der Waals surface area contributed by atoms with Gasteiger partial charge in [0.15, 0.2) is 5.78 Å². The minimum absolute atomic E-state index is 0.0152. The molecule has 0 radical (unpaired) electrons. The Morgan fingerprint density at radius 2 is 1.64 bits per heavy atom. The maximum Gasteiger partial charge on any atom is 0.303 e. The Balaban J connectivity index is 1.92. The Bertz CT molecular complexity index is 987. The molecule has 0 amide bonds. The van der Waals surface area contributed by atoms with Crippen LogP contribution in [0.25, 0.3) is 0 Å². The molecular weight excluding hydrogens is 492 g/mol. The normalized spacial score (nSPS) is 12.9. The van der Waals surface area contributed by atoms with E-state index in [0.29, 0.717) is 46.7 Å². The van der Waals surface area contributed by atoms with Crippen LogP contribution < -0.4 is 9.47 Å². The number of aliphatic carboxylic acids is 1. The molecule has 0 aromatic heterocycles. The lowest BCUT2D eigenvalue weighted by atomic mass is 9.95. The Kier molecular flexibility index (Phi) is 9.73. The number of hydrogen-bond donors (Lipinski definition) is 3. The molecule has 0 saturated carbocycles. The lowest BCUT2D eigenvalue weighted by Crippen LogP contribution is -2.13. The number of aliphatic hydroxyl groups is 1. The van der Waals surface area contributed by atoms with E-state index in [-0.39, 0.29) is 29.4 Å². The average Bonchev–Trinajstić information content (AvgIpc) is 2.72. The second-order valence-electron chi connectivity index (χ2n) is 8.34. The maximum atomic E-state index is 11.7. The fourth-order valence-corrected chi connectivity index (χ4v) is 4.03. The lowest BCUT2D eigenvalue weighted by Gasteiger charge is -2.19. The third-order valence-electron chi connectivity index (χ3n) is 5.27. The molecule has 0 aliphatic carbocycles. The first-order chi connectivity index (χ1) is 15.5. The van der Waals surface area contributed by atoms with Gasteiger partial charge >= 0.3 is 5.97 Å². The molecule has 8 heteroatoms. The lowest BCUT2D eigenvalue weighted by molar-refractivity contribution is -0.139. The third-order valence-corrected chi connectivity index (χ3v) is 5.89. The van der Waals surface area contributed by atoms with Crippen LogP contribution in [0.15, 0.2) is 34.8 Å². The zero-order valence-electron chi connectivity index (χ0n) is 19.3. The minimum Gasteiger partial charge on any atom is -0.507 e. The molecule has 33 heavy (non-hydrogen) atoms. The van der Waals surface area contributed by atoms with Crippen molar-refractivity contribution < 1.29 is 34.4 Å². The molecular formula is C25H31BrO7. The van der Waals surface area contributed by atoms with Crippen LogP contribution in [0.1, 0.15) is 74.0 Å². The Hall–Kier alpha value is -2.58. The number of hydrogen-bond acceptors (Lipinski definition) is 6. The summed E-state index contributed by atoms with van der Waals surface area (Å²) in [4.78, 5) is 22.6. The van der Waals surface area contributed by atoms with Crippen LogP contribution in [0.5, 0.6) is 17.2 Å². The molecule has 2 aromatic rings. The smallest absolute Gasteiger partial charge is 0.303 e. The molecule has 0 heterocycles. The summed E-state index contributed by atoms with van der Waals surface area (Å²) in [7, 11) is 0. The Labute approximate surface area is 202 Å². The summed E-state index contributed by atoms with van der Waals surface area (Å²) < 4.78 is 12.3. The summed E-state index contributed by atoms with van der Waals surface area (Å²) >= 11 is 3.43. The number of carboxylic acids is 1. The summed E-state index contributed by atoms with van der Waals surface area (Å²) in [5.74, 6) is -0.472. The van der Waals surface area contributed by atoms with Gasteiger partial charge in [-0.05, 0) is 64.5 Å². The van der Waals surface area contributed by atoms with Gasteiger partial charge in [-0.1, -0.05) is 26.8 Å². The maximum absolute atomic E-state index is 11.7. The van der Waals surface area contributed by atoms with Crippen molar-refractivity contribution in [3.05, 3.63) is 51.5 Å². The van der Waals surface area contributed by atoms with E-state index in [4.69, 9.17) is 14.6 Å². The highest BCUT2D eigenvalue weighted by Gasteiger charge is 2.21. The fourth-order valence-electron chi connectivity index (χ4n) is 3.51. The second-order valence-corrected chi connectivity index (χ2v) is 9.20. The highest BCUT2D eigenvalue weighted by Crippen LogP contribution is 2.37. The van der Waals surface area contributed by atoms with Gasteiger partial charge in [0.05, 0.1) is 35.8 Å². The van der Waals surface area contributed by atoms with E-state index in [2.05, 4.69) is 15.9 Å². The molecule has 0 fully saturated rings. The zero-order valence-corrected chi connectivity index (χ0v) is 20.9. The zero-order chi connectivity index (χ0) is 24.7. The average molecular weight is 523 g/mol. The molecule has 7 nitrogen and oxygen atoms in total. The first-order valence-electron chi connectivity index (χ1n) is 10.8. The minimum atomic E-state index is -0.951. The van der Waals surface area contributed by atoms with Crippen LogP contribution in [-0.2, 0) is 4.79 Å². The van der Waals surface area contributed by atoms with Gasteiger partial charge in [0.2, 0.25) is 0 Å². The molecule has 2 atom stereocenters. The molecule has 0 aliphatic rings. The van der Waals surface area contributed by atoms with Crippen LogP contribution in [0.4, 0.5) is 0 Å². The number of ketones is 1. The number of ether oxygens (including phenoxy) is 2. The SMILES string of the molecule is CC(=O)c1ccc(OCCCOc2ccc(C(O)C(C)CC(=O)O)cc2Br)c(C(C)C)c1O. The van der Waals surface area contributed by atoms with Gasteiger partial charge < -0.3 is 24.8 Å². The Morgan fingerprint density at radius 1 is 1.03 bits per heavy atom. The quantitative estimate of drug-likeness (QED) is 0.250. The van der Waals surface area contributed by atoms with Gasteiger partial charge in [-0.15, -0.1) is 0 Å². The van der Waals surface area contributed by atoms with Crippen LogP contribution in [0.2, 0.25) is 0 Å². The van der Waals surface area contributed by atoms with Gasteiger partial charge in [0.1, 0.15) is 17.2 Å². The number of Topliss-reactive ketones (excluding diaryl/α,β-unsaturated/α-hetero) is 1. The van der Waals surface area contributed by atoms with E-state index in [9.17, 15) is 19.8 Å². The van der Waals surface area contributed by atoms with Crippen molar-refractivity contribution in [2.75, 3.05) is 13.2 Å². The molecule has 0 spiro atoms. The van der Waals surface area contributed by atoms with Crippen molar-refractivity contribution >= 4 is 27.7 Å². The van der Waals surface area contributed by atoms with Gasteiger partial charge in [0, 0.05) is 12.0 Å². The van der Waals surface area contributed by atoms with E-state index < -0.39 is 18.0 Å². The summed E-state index contributed by atoms with van der Waals surface area (Å²) in [6.45, 7) is 7.70. The monoisotopic (exact) mass is 522 g/mol. The van der Waals surface area contributed by atoms with E-state index >= 15 is 0 Å². The van der Waals surface area contributed by atoms with E-state index in [0.717, 1.165) is 0 Å². The standard InChI is InChI=1S/C25H31BrO7/c1-14(2)23-21(9-7-18(16(4)27)25(23)31)33-11-5-10-32-20-8-6-17(13-19(20)26)24(30)15(3)12-22(28)29/h6-9,13-15,24,30-31H,5,10-12H2,1-4H3,(H,28,29). The van der Waals surface area contributed by atoms with Crippen molar-refractivity contribution in [1.29, 1.82) is 0 Å². The summed E-state index contributed by atoms with van der Waals surface area (Å²) in [6, 6.07) is 8.45. The number of aliphatic hydroxyl groups excluding tert-OH is 1. The van der Waals surface area contributed by atoms with Crippen molar-refractivity contribution in [2.24, 2.45) is 5.92 Å².